The van der Waals surface area contributed by atoms with Crippen LogP contribution in [-0.4, -0.2) is 65.2 Å². The molecular formula is C20H26N2O6S2. The van der Waals surface area contributed by atoms with Crippen LogP contribution in [0.15, 0.2) is 58.3 Å². The molecular weight excluding hydrogens is 428 g/mol. The first kappa shape index (κ1) is 22.9. The van der Waals surface area contributed by atoms with Crippen molar-refractivity contribution in [2.24, 2.45) is 0 Å². The van der Waals surface area contributed by atoms with Gasteiger partial charge in [0.05, 0.1) is 9.79 Å². The number of piperazine rings is 1. The Balaban J connectivity index is 1.97. The van der Waals surface area contributed by atoms with E-state index < -0.39 is 32.5 Å². The monoisotopic (exact) mass is 454 g/mol. The minimum atomic E-state index is -3.92. The van der Waals surface area contributed by atoms with Gasteiger partial charge < -0.3 is 9.47 Å². The van der Waals surface area contributed by atoms with E-state index in [1.54, 1.807) is 24.3 Å². The van der Waals surface area contributed by atoms with Gasteiger partial charge >= 0.3 is 0 Å². The third kappa shape index (κ3) is 4.16. The lowest BCUT2D eigenvalue weighted by Gasteiger charge is -2.43. The Morgan fingerprint density at radius 1 is 0.667 bits per heavy atom. The first-order chi connectivity index (χ1) is 14.1. The van der Waals surface area contributed by atoms with Gasteiger partial charge in [0.1, 0.15) is 0 Å². The van der Waals surface area contributed by atoms with Crippen molar-refractivity contribution in [1.29, 1.82) is 0 Å². The van der Waals surface area contributed by atoms with Gasteiger partial charge in [0, 0.05) is 27.3 Å². The summed E-state index contributed by atoms with van der Waals surface area (Å²) in [5.74, 6) is 0. The van der Waals surface area contributed by atoms with Crippen molar-refractivity contribution in [3.63, 3.8) is 0 Å². The van der Waals surface area contributed by atoms with Crippen LogP contribution in [0.3, 0.4) is 0 Å². The zero-order valence-corrected chi connectivity index (χ0v) is 19.0. The lowest BCUT2D eigenvalue weighted by Crippen LogP contribution is -2.63. The number of benzene rings is 2. The van der Waals surface area contributed by atoms with Crippen molar-refractivity contribution >= 4 is 20.0 Å². The average molecular weight is 455 g/mol. The summed E-state index contributed by atoms with van der Waals surface area (Å²) in [7, 11) is -5.17. The summed E-state index contributed by atoms with van der Waals surface area (Å²) >= 11 is 0. The largest absolute Gasteiger partial charge is 0.361 e. The van der Waals surface area contributed by atoms with Crippen molar-refractivity contribution in [2.75, 3.05) is 27.3 Å². The van der Waals surface area contributed by atoms with E-state index >= 15 is 0 Å². The summed E-state index contributed by atoms with van der Waals surface area (Å²) in [4.78, 5) is 0.222. The van der Waals surface area contributed by atoms with Gasteiger partial charge in [-0.05, 0) is 38.1 Å². The molecule has 10 heteroatoms. The van der Waals surface area contributed by atoms with Crippen LogP contribution in [0.2, 0.25) is 0 Å². The van der Waals surface area contributed by atoms with Crippen LogP contribution in [0.4, 0.5) is 0 Å². The molecule has 0 aromatic heterocycles. The van der Waals surface area contributed by atoms with Crippen molar-refractivity contribution in [1.82, 2.24) is 8.61 Å². The molecule has 2 atom stereocenters. The summed E-state index contributed by atoms with van der Waals surface area (Å²) < 4.78 is 66.0. The van der Waals surface area contributed by atoms with Gasteiger partial charge in [0.25, 0.3) is 0 Å². The van der Waals surface area contributed by atoms with Gasteiger partial charge in [-0.25, -0.2) is 16.8 Å². The lowest BCUT2D eigenvalue weighted by atomic mass is 10.2. The van der Waals surface area contributed by atoms with E-state index in [4.69, 9.17) is 9.47 Å². The molecule has 0 saturated carbocycles. The van der Waals surface area contributed by atoms with Crippen LogP contribution in [0.1, 0.15) is 11.1 Å². The smallest absolute Gasteiger partial charge is 0.245 e. The summed E-state index contributed by atoms with van der Waals surface area (Å²) in [5.41, 5.74) is 1.86. The van der Waals surface area contributed by atoms with Gasteiger partial charge in [-0.3, -0.25) is 0 Å². The molecule has 0 spiro atoms. The molecule has 0 N–H and O–H groups in total. The Bertz CT molecular complexity index is 994. The van der Waals surface area contributed by atoms with Crippen LogP contribution in [0, 0.1) is 13.8 Å². The highest BCUT2D eigenvalue weighted by Crippen LogP contribution is 2.30. The van der Waals surface area contributed by atoms with E-state index in [1.165, 1.54) is 38.5 Å². The summed E-state index contributed by atoms with van der Waals surface area (Å²) in [6.45, 7) is 3.59. The lowest BCUT2D eigenvalue weighted by molar-refractivity contribution is -0.153. The predicted molar refractivity (Wildman–Crippen MR) is 112 cm³/mol. The normalized spacial score (nSPS) is 21.6. The number of sulfonamides is 2. The maximum atomic E-state index is 13.2. The molecule has 0 amide bonds. The summed E-state index contributed by atoms with van der Waals surface area (Å²) in [6, 6.07) is 12.9. The number of nitrogens with zero attached hydrogens (tertiary/aromatic N) is 2. The first-order valence-electron chi connectivity index (χ1n) is 9.35. The van der Waals surface area contributed by atoms with E-state index in [9.17, 15) is 16.8 Å². The zero-order chi connectivity index (χ0) is 22.1. The molecule has 1 aliphatic rings. The number of rotatable bonds is 6. The minimum absolute atomic E-state index is 0.0698. The Hall–Kier alpha value is -1.82. The molecule has 2 aromatic rings. The number of ether oxygens (including phenoxy) is 2. The Kier molecular flexibility index (Phi) is 6.66. The molecule has 2 aromatic carbocycles. The molecule has 8 nitrogen and oxygen atoms in total. The van der Waals surface area contributed by atoms with Gasteiger partial charge in [-0.2, -0.15) is 8.61 Å². The van der Waals surface area contributed by atoms with Crippen LogP contribution in [-0.2, 0) is 29.5 Å². The molecule has 0 aliphatic carbocycles. The molecule has 1 heterocycles. The quantitative estimate of drug-likeness (QED) is 0.662. The molecule has 1 fully saturated rings. The predicted octanol–water partition coefficient (Wildman–Crippen LogP) is 1.94. The van der Waals surface area contributed by atoms with E-state index in [-0.39, 0.29) is 22.9 Å². The van der Waals surface area contributed by atoms with E-state index in [0.29, 0.717) is 0 Å². The van der Waals surface area contributed by atoms with Crippen LogP contribution >= 0.6 is 0 Å². The van der Waals surface area contributed by atoms with E-state index in [0.717, 1.165) is 19.7 Å². The van der Waals surface area contributed by atoms with Crippen LogP contribution in [0.5, 0.6) is 0 Å². The van der Waals surface area contributed by atoms with Gasteiger partial charge in [-0.1, -0.05) is 35.4 Å². The third-order valence-electron chi connectivity index (χ3n) is 5.09. The molecule has 3 rings (SSSR count). The van der Waals surface area contributed by atoms with Gasteiger partial charge in [-0.15, -0.1) is 0 Å². The second-order valence-corrected chi connectivity index (χ2v) is 10.9. The average Bonchev–Trinajstić information content (AvgIpc) is 2.73. The first-order valence-corrected chi connectivity index (χ1v) is 12.2. The molecule has 164 valence electrons. The summed E-state index contributed by atoms with van der Waals surface area (Å²) in [6.07, 6.45) is -2.29. The van der Waals surface area contributed by atoms with E-state index in [2.05, 4.69) is 0 Å². The fraction of sp³-hybridized carbons (Fsp3) is 0.400. The highest BCUT2D eigenvalue weighted by molar-refractivity contribution is 7.89. The highest BCUT2D eigenvalue weighted by atomic mass is 32.2. The molecule has 0 bridgehead atoms. The maximum Gasteiger partial charge on any atom is 0.245 e. The minimum Gasteiger partial charge on any atom is -0.361 e. The molecule has 0 unspecified atom stereocenters. The van der Waals surface area contributed by atoms with Crippen molar-refractivity contribution in [2.45, 2.75) is 36.1 Å². The molecule has 0 radical (unpaired) electrons. The Morgan fingerprint density at radius 2 is 0.967 bits per heavy atom. The fourth-order valence-electron chi connectivity index (χ4n) is 3.41. The second-order valence-electron chi connectivity index (χ2n) is 7.11. The standard InChI is InChI=1S/C20H26N2O6S2/c1-15-5-9-17(10-6-15)29(23,24)21-13-14-22(20(28-4)19(21)27-3)30(25,26)18-11-7-16(2)8-12-18/h5-12,19-20H,13-14H2,1-4H3/t19-,20+. The molecule has 1 saturated heterocycles. The van der Waals surface area contributed by atoms with Crippen molar-refractivity contribution in [3.05, 3.63) is 59.7 Å². The second kappa shape index (κ2) is 8.74. The Labute approximate surface area is 178 Å². The van der Waals surface area contributed by atoms with Crippen molar-refractivity contribution in [3.8, 4) is 0 Å². The fourth-order valence-corrected chi connectivity index (χ4v) is 6.48. The highest BCUT2D eigenvalue weighted by Gasteiger charge is 2.47. The number of aryl methyl sites for hydroxylation is 2. The van der Waals surface area contributed by atoms with Gasteiger partial charge in [0.2, 0.25) is 20.0 Å². The van der Waals surface area contributed by atoms with Gasteiger partial charge in [0.15, 0.2) is 12.5 Å². The van der Waals surface area contributed by atoms with Crippen molar-refractivity contribution < 1.29 is 26.3 Å². The number of methoxy groups -OCH3 is 2. The van der Waals surface area contributed by atoms with E-state index in [1.807, 2.05) is 13.8 Å². The summed E-state index contributed by atoms with van der Waals surface area (Å²) in [5, 5.41) is 0. The Morgan fingerprint density at radius 3 is 1.23 bits per heavy atom. The SMILES string of the molecule is CO[C@@H]1[C@H](OC)N(S(=O)(=O)c2ccc(C)cc2)CCN1S(=O)(=O)c1ccc(C)cc1. The topological polar surface area (TPSA) is 93.2 Å². The zero-order valence-electron chi connectivity index (χ0n) is 17.3. The molecule has 30 heavy (non-hydrogen) atoms. The third-order valence-corrected chi connectivity index (χ3v) is 8.84. The van der Waals surface area contributed by atoms with Crippen LogP contribution < -0.4 is 0 Å². The molecule has 1 aliphatic heterocycles. The number of hydrogen-bond acceptors (Lipinski definition) is 6. The van der Waals surface area contributed by atoms with Crippen LogP contribution in [0.25, 0.3) is 0 Å². The maximum absolute atomic E-state index is 13.2. The number of hydrogen-bond donors (Lipinski definition) is 0.